The van der Waals surface area contributed by atoms with Gasteiger partial charge in [0.05, 0.1) is 24.0 Å². The maximum absolute atomic E-state index is 11.5. The number of aromatic amines is 1. The molecule has 4 N–H and O–H groups in total. The van der Waals surface area contributed by atoms with Crippen LogP contribution in [-0.2, 0) is 11.2 Å². The molecule has 0 radical (unpaired) electrons. The van der Waals surface area contributed by atoms with Gasteiger partial charge in [-0.2, -0.15) is 5.10 Å². The SMILES string of the molecule is CC(N)C(=O)NC1CCCc2cn[nH]c21. The van der Waals surface area contributed by atoms with E-state index in [9.17, 15) is 4.79 Å². The van der Waals surface area contributed by atoms with Crippen LogP contribution in [0.1, 0.15) is 37.1 Å². The molecule has 1 amide bonds. The van der Waals surface area contributed by atoms with Crippen LogP contribution >= 0.6 is 0 Å². The van der Waals surface area contributed by atoms with Crippen molar-refractivity contribution in [3.05, 3.63) is 17.5 Å². The van der Waals surface area contributed by atoms with Crippen molar-refractivity contribution in [2.45, 2.75) is 38.3 Å². The van der Waals surface area contributed by atoms with Gasteiger partial charge in [0.1, 0.15) is 0 Å². The highest BCUT2D eigenvalue weighted by Crippen LogP contribution is 2.27. The number of aromatic nitrogens is 2. The summed E-state index contributed by atoms with van der Waals surface area (Å²) in [6.45, 7) is 1.69. The molecule has 5 nitrogen and oxygen atoms in total. The van der Waals surface area contributed by atoms with E-state index < -0.39 is 6.04 Å². The fourth-order valence-electron chi connectivity index (χ4n) is 1.91. The molecule has 1 aliphatic carbocycles. The van der Waals surface area contributed by atoms with Crippen LogP contribution in [0.3, 0.4) is 0 Å². The number of carbonyl (C=O) groups is 1. The first kappa shape index (κ1) is 10.2. The molecule has 5 heteroatoms. The number of amides is 1. The largest absolute Gasteiger partial charge is 0.346 e. The van der Waals surface area contributed by atoms with Gasteiger partial charge < -0.3 is 11.1 Å². The van der Waals surface area contributed by atoms with Gasteiger partial charge in [-0.05, 0) is 31.7 Å². The Morgan fingerprint density at radius 2 is 2.60 bits per heavy atom. The van der Waals surface area contributed by atoms with Gasteiger partial charge in [-0.1, -0.05) is 0 Å². The van der Waals surface area contributed by atoms with Crippen molar-refractivity contribution in [2.75, 3.05) is 0 Å². The predicted molar refractivity (Wildman–Crippen MR) is 56.1 cm³/mol. The Kier molecular flexibility index (Phi) is 2.73. The first-order valence-electron chi connectivity index (χ1n) is 5.26. The number of nitrogens with two attached hydrogens (primary N) is 1. The zero-order valence-electron chi connectivity index (χ0n) is 8.79. The first-order valence-corrected chi connectivity index (χ1v) is 5.26. The lowest BCUT2D eigenvalue weighted by atomic mass is 9.93. The average Bonchev–Trinajstić information content (AvgIpc) is 2.66. The lowest BCUT2D eigenvalue weighted by Crippen LogP contribution is -2.41. The van der Waals surface area contributed by atoms with E-state index in [1.807, 2.05) is 6.20 Å². The van der Waals surface area contributed by atoms with Crippen LogP contribution in [0.4, 0.5) is 0 Å². The number of nitrogens with one attached hydrogen (secondary N) is 2. The van der Waals surface area contributed by atoms with E-state index >= 15 is 0 Å². The number of H-pyrrole nitrogens is 1. The van der Waals surface area contributed by atoms with Crippen LogP contribution in [0.5, 0.6) is 0 Å². The summed E-state index contributed by atoms with van der Waals surface area (Å²) in [5, 5.41) is 9.87. The van der Waals surface area contributed by atoms with Crippen molar-refractivity contribution < 1.29 is 4.79 Å². The summed E-state index contributed by atoms with van der Waals surface area (Å²) >= 11 is 0. The van der Waals surface area contributed by atoms with Gasteiger partial charge in [0.2, 0.25) is 5.91 Å². The molecule has 2 rings (SSSR count). The van der Waals surface area contributed by atoms with Crippen LogP contribution in [-0.4, -0.2) is 22.1 Å². The Morgan fingerprint density at radius 3 is 3.33 bits per heavy atom. The zero-order chi connectivity index (χ0) is 10.8. The van der Waals surface area contributed by atoms with E-state index in [1.54, 1.807) is 6.92 Å². The Hall–Kier alpha value is -1.36. The standard InChI is InChI=1S/C10H16N4O/c1-6(11)10(15)13-8-4-2-3-7-5-12-14-9(7)8/h5-6,8H,2-4,11H2,1H3,(H,12,14)(H,13,15). The van der Waals surface area contributed by atoms with Gasteiger partial charge in [0.25, 0.3) is 0 Å². The molecular formula is C10H16N4O. The van der Waals surface area contributed by atoms with Crippen molar-refractivity contribution in [2.24, 2.45) is 5.73 Å². The lowest BCUT2D eigenvalue weighted by molar-refractivity contribution is -0.122. The molecule has 0 fully saturated rings. The highest BCUT2D eigenvalue weighted by Gasteiger charge is 2.24. The Bertz CT molecular complexity index is 358. The summed E-state index contributed by atoms with van der Waals surface area (Å²) in [5.74, 6) is -0.109. The van der Waals surface area contributed by atoms with Gasteiger partial charge in [0.15, 0.2) is 0 Å². The Labute approximate surface area is 88.4 Å². The quantitative estimate of drug-likeness (QED) is 0.651. The number of nitrogens with zero attached hydrogens (tertiary/aromatic N) is 1. The average molecular weight is 208 g/mol. The van der Waals surface area contributed by atoms with Crippen LogP contribution < -0.4 is 11.1 Å². The summed E-state index contributed by atoms with van der Waals surface area (Å²) < 4.78 is 0. The van der Waals surface area contributed by atoms with E-state index in [0.717, 1.165) is 25.0 Å². The maximum atomic E-state index is 11.5. The molecule has 15 heavy (non-hydrogen) atoms. The van der Waals surface area contributed by atoms with E-state index in [2.05, 4.69) is 15.5 Å². The van der Waals surface area contributed by atoms with Crippen LogP contribution in [0.15, 0.2) is 6.20 Å². The van der Waals surface area contributed by atoms with Crippen LogP contribution in [0, 0.1) is 0 Å². The van der Waals surface area contributed by atoms with E-state index in [-0.39, 0.29) is 11.9 Å². The van der Waals surface area contributed by atoms with Gasteiger partial charge in [-0.3, -0.25) is 9.89 Å². The molecule has 1 aliphatic rings. The van der Waals surface area contributed by atoms with E-state index in [0.29, 0.717) is 0 Å². The highest BCUT2D eigenvalue weighted by molar-refractivity contribution is 5.81. The molecule has 0 spiro atoms. The molecule has 0 saturated carbocycles. The topological polar surface area (TPSA) is 83.8 Å². The summed E-state index contributed by atoms with van der Waals surface area (Å²) in [6.07, 6.45) is 4.90. The molecule has 2 atom stereocenters. The second kappa shape index (κ2) is 4.02. The van der Waals surface area contributed by atoms with Crippen molar-refractivity contribution in [3.8, 4) is 0 Å². The molecule has 2 unspecified atom stereocenters. The minimum absolute atomic E-state index is 0.0507. The molecule has 1 heterocycles. The molecule has 0 aliphatic heterocycles. The minimum Gasteiger partial charge on any atom is -0.346 e. The smallest absolute Gasteiger partial charge is 0.237 e. The lowest BCUT2D eigenvalue weighted by Gasteiger charge is -2.23. The number of hydrogen-bond acceptors (Lipinski definition) is 3. The van der Waals surface area contributed by atoms with E-state index in [1.165, 1.54) is 5.56 Å². The Morgan fingerprint density at radius 1 is 1.80 bits per heavy atom. The Balaban J connectivity index is 2.10. The third-order valence-electron chi connectivity index (χ3n) is 2.77. The first-order chi connectivity index (χ1) is 7.18. The fraction of sp³-hybridized carbons (Fsp3) is 0.600. The van der Waals surface area contributed by atoms with E-state index in [4.69, 9.17) is 5.73 Å². The van der Waals surface area contributed by atoms with Crippen LogP contribution in [0.2, 0.25) is 0 Å². The van der Waals surface area contributed by atoms with Gasteiger partial charge >= 0.3 is 0 Å². The third kappa shape index (κ3) is 2.02. The fourth-order valence-corrected chi connectivity index (χ4v) is 1.91. The number of fused-ring (bicyclic) bond motifs is 1. The normalized spacial score (nSPS) is 21.9. The number of carbonyl (C=O) groups excluding carboxylic acids is 1. The highest BCUT2D eigenvalue weighted by atomic mass is 16.2. The summed E-state index contributed by atoms with van der Waals surface area (Å²) in [4.78, 5) is 11.5. The predicted octanol–water partition coefficient (Wildman–Crippen LogP) is 0.250. The van der Waals surface area contributed by atoms with Crippen molar-refractivity contribution >= 4 is 5.91 Å². The summed E-state index contributed by atoms with van der Waals surface area (Å²) in [6, 6.07) is -0.409. The van der Waals surface area contributed by atoms with Gasteiger partial charge in [-0.25, -0.2) is 0 Å². The summed E-state index contributed by atoms with van der Waals surface area (Å²) in [5.41, 5.74) is 7.75. The van der Waals surface area contributed by atoms with Crippen molar-refractivity contribution in [3.63, 3.8) is 0 Å². The number of aryl methyl sites for hydroxylation is 1. The molecular weight excluding hydrogens is 192 g/mol. The monoisotopic (exact) mass is 208 g/mol. The molecule has 0 saturated heterocycles. The van der Waals surface area contributed by atoms with Gasteiger partial charge in [-0.15, -0.1) is 0 Å². The van der Waals surface area contributed by atoms with Crippen molar-refractivity contribution in [1.29, 1.82) is 0 Å². The molecule has 1 aromatic rings. The van der Waals surface area contributed by atoms with Crippen molar-refractivity contribution in [1.82, 2.24) is 15.5 Å². The van der Waals surface area contributed by atoms with Crippen LogP contribution in [0.25, 0.3) is 0 Å². The maximum Gasteiger partial charge on any atom is 0.237 e. The minimum atomic E-state index is -0.460. The number of hydrogen-bond donors (Lipinski definition) is 3. The zero-order valence-corrected chi connectivity index (χ0v) is 8.79. The molecule has 82 valence electrons. The summed E-state index contributed by atoms with van der Waals surface area (Å²) in [7, 11) is 0. The second-order valence-corrected chi connectivity index (χ2v) is 4.05. The number of rotatable bonds is 2. The second-order valence-electron chi connectivity index (χ2n) is 4.05. The molecule has 0 bridgehead atoms. The third-order valence-corrected chi connectivity index (χ3v) is 2.77. The van der Waals surface area contributed by atoms with Gasteiger partial charge in [0, 0.05) is 0 Å². The molecule has 1 aromatic heterocycles. The molecule has 0 aromatic carbocycles.